The predicted molar refractivity (Wildman–Crippen MR) is 79.6 cm³/mol. The first-order valence-electron chi connectivity index (χ1n) is 6.51. The molecule has 1 aromatic heterocycles. The molecule has 1 aromatic rings. The maximum absolute atomic E-state index is 11.9. The van der Waals surface area contributed by atoms with Gasteiger partial charge < -0.3 is 10.4 Å². The molecule has 0 spiro atoms. The van der Waals surface area contributed by atoms with E-state index in [0.717, 1.165) is 4.31 Å². The largest absolute Gasteiger partial charge is 0.481 e. The second-order valence-corrected chi connectivity index (χ2v) is 7.41. The summed E-state index contributed by atoms with van der Waals surface area (Å²) in [6.07, 6.45) is 1.23. The van der Waals surface area contributed by atoms with Crippen molar-refractivity contribution in [2.75, 3.05) is 19.4 Å². The van der Waals surface area contributed by atoms with Gasteiger partial charge in [0.05, 0.1) is 6.42 Å². The summed E-state index contributed by atoms with van der Waals surface area (Å²) in [5.74, 6) is -0.339. The SMILES string of the molecule is CC(C)C(CC(=O)O)Nc1ccc(S(=O)(=O)N(C)C)cn1. The molecule has 0 aliphatic heterocycles. The number of rotatable bonds is 7. The summed E-state index contributed by atoms with van der Waals surface area (Å²) in [5, 5.41) is 11.9. The number of sulfonamides is 1. The summed E-state index contributed by atoms with van der Waals surface area (Å²) >= 11 is 0. The predicted octanol–water partition coefficient (Wildman–Crippen LogP) is 1.24. The lowest BCUT2D eigenvalue weighted by Gasteiger charge is -2.21. The van der Waals surface area contributed by atoms with Crippen LogP contribution in [0.1, 0.15) is 20.3 Å². The van der Waals surface area contributed by atoms with E-state index >= 15 is 0 Å². The van der Waals surface area contributed by atoms with Crippen LogP contribution in [0, 0.1) is 5.92 Å². The van der Waals surface area contributed by atoms with E-state index in [9.17, 15) is 13.2 Å². The normalized spacial score (nSPS) is 13.4. The minimum Gasteiger partial charge on any atom is -0.481 e. The van der Waals surface area contributed by atoms with Crippen LogP contribution in [0.5, 0.6) is 0 Å². The van der Waals surface area contributed by atoms with E-state index in [4.69, 9.17) is 5.11 Å². The van der Waals surface area contributed by atoms with Gasteiger partial charge in [0.25, 0.3) is 0 Å². The quantitative estimate of drug-likeness (QED) is 0.785. The number of aliphatic carboxylic acids is 1. The third-order valence-corrected chi connectivity index (χ3v) is 4.85. The number of aromatic nitrogens is 1. The number of carbonyl (C=O) groups is 1. The van der Waals surface area contributed by atoms with E-state index in [2.05, 4.69) is 10.3 Å². The monoisotopic (exact) mass is 315 g/mol. The van der Waals surface area contributed by atoms with E-state index in [1.807, 2.05) is 13.8 Å². The van der Waals surface area contributed by atoms with Gasteiger partial charge in [0.15, 0.2) is 0 Å². The Labute approximate surface area is 125 Å². The first kappa shape index (κ1) is 17.4. The van der Waals surface area contributed by atoms with Crippen molar-refractivity contribution < 1.29 is 18.3 Å². The third-order valence-electron chi connectivity index (χ3n) is 3.05. The zero-order chi connectivity index (χ0) is 16.2. The molecule has 0 radical (unpaired) electrons. The maximum atomic E-state index is 11.9. The summed E-state index contributed by atoms with van der Waals surface area (Å²) in [5.41, 5.74) is 0. The van der Waals surface area contributed by atoms with Gasteiger partial charge in [0.2, 0.25) is 10.0 Å². The Morgan fingerprint density at radius 2 is 2.00 bits per heavy atom. The van der Waals surface area contributed by atoms with Crippen LogP contribution in [-0.4, -0.2) is 48.9 Å². The van der Waals surface area contributed by atoms with Crippen molar-refractivity contribution in [3.05, 3.63) is 18.3 Å². The molecular formula is C13H21N3O4S. The second-order valence-electron chi connectivity index (χ2n) is 5.26. The van der Waals surface area contributed by atoms with Crippen LogP contribution < -0.4 is 5.32 Å². The summed E-state index contributed by atoms with van der Waals surface area (Å²) in [4.78, 5) is 15.0. The fraction of sp³-hybridized carbons (Fsp3) is 0.538. The average Bonchev–Trinajstić information content (AvgIpc) is 2.37. The molecule has 0 saturated heterocycles. The Morgan fingerprint density at radius 1 is 1.38 bits per heavy atom. The van der Waals surface area contributed by atoms with Crippen molar-refractivity contribution >= 4 is 21.8 Å². The van der Waals surface area contributed by atoms with Crippen LogP contribution in [-0.2, 0) is 14.8 Å². The van der Waals surface area contributed by atoms with Crippen molar-refractivity contribution in [2.24, 2.45) is 5.92 Å². The molecule has 0 aromatic carbocycles. The van der Waals surface area contributed by atoms with Crippen molar-refractivity contribution in [2.45, 2.75) is 31.2 Å². The van der Waals surface area contributed by atoms with Gasteiger partial charge in [-0.05, 0) is 18.1 Å². The van der Waals surface area contributed by atoms with E-state index in [-0.39, 0.29) is 23.3 Å². The van der Waals surface area contributed by atoms with Crippen LogP contribution in [0.15, 0.2) is 23.2 Å². The fourth-order valence-electron chi connectivity index (χ4n) is 1.66. The molecule has 1 rings (SSSR count). The highest BCUT2D eigenvalue weighted by Crippen LogP contribution is 2.17. The van der Waals surface area contributed by atoms with Crippen molar-refractivity contribution in [1.29, 1.82) is 0 Å². The molecule has 2 N–H and O–H groups in total. The summed E-state index contributed by atoms with van der Waals surface area (Å²) in [7, 11) is -0.613. The van der Waals surface area contributed by atoms with Crippen LogP contribution in [0.4, 0.5) is 5.82 Å². The minimum atomic E-state index is -3.51. The number of nitrogens with zero attached hydrogens (tertiary/aromatic N) is 2. The molecule has 8 heteroatoms. The van der Waals surface area contributed by atoms with Crippen LogP contribution in [0.3, 0.4) is 0 Å². The Balaban J connectivity index is 2.90. The molecule has 1 unspecified atom stereocenters. The van der Waals surface area contributed by atoms with Gasteiger partial charge in [-0.25, -0.2) is 17.7 Å². The summed E-state index contributed by atoms with van der Waals surface area (Å²) in [6.45, 7) is 3.82. The van der Waals surface area contributed by atoms with Crippen molar-refractivity contribution in [1.82, 2.24) is 9.29 Å². The number of carboxylic acid groups (broad SMARTS) is 1. The van der Waals surface area contributed by atoms with Gasteiger partial charge in [0, 0.05) is 26.3 Å². The van der Waals surface area contributed by atoms with Crippen molar-refractivity contribution in [3.8, 4) is 0 Å². The molecule has 0 aliphatic rings. The molecule has 7 nitrogen and oxygen atoms in total. The minimum absolute atomic E-state index is 0.0307. The number of nitrogens with one attached hydrogen (secondary N) is 1. The van der Waals surface area contributed by atoms with Crippen LogP contribution in [0.25, 0.3) is 0 Å². The first-order valence-corrected chi connectivity index (χ1v) is 7.95. The second kappa shape index (κ2) is 6.86. The maximum Gasteiger partial charge on any atom is 0.305 e. The van der Waals surface area contributed by atoms with Gasteiger partial charge in [-0.15, -0.1) is 0 Å². The number of anilines is 1. The third kappa shape index (κ3) is 4.68. The Morgan fingerprint density at radius 3 is 2.38 bits per heavy atom. The van der Waals surface area contributed by atoms with Gasteiger partial charge in [-0.1, -0.05) is 13.8 Å². The van der Waals surface area contributed by atoms with E-state index < -0.39 is 16.0 Å². The molecule has 0 aliphatic carbocycles. The van der Waals surface area contributed by atoms with Gasteiger partial charge in [0.1, 0.15) is 10.7 Å². The molecule has 0 bridgehead atoms. The molecule has 0 fully saturated rings. The van der Waals surface area contributed by atoms with Gasteiger partial charge in [-0.2, -0.15) is 0 Å². The lowest BCUT2D eigenvalue weighted by atomic mass is 10.0. The first-order chi connectivity index (χ1) is 9.64. The molecule has 118 valence electrons. The molecule has 21 heavy (non-hydrogen) atoms. The molecule has 0 saturated carbocycles. The van der Waals surface area contributed by atoms with E-state index in [1.54, 1.807) is 0 Å². The Bertz CT molecular complexity index is 582. The highest BCUT2D eigenvalue weighted by atomic mass is 32.2. The zero-order valence-corrected chi connectivity index (χ0v) is 13.4. The average molecular weight is 315 g/mol. The standard InChI is InChI=1S/C13H21N3O4S/c1-9(2)11(7-13(17)18)15-12-6-5-10(8-14-12)21(19,20)16(3)4/h5-6,8-9,11H,7H2,1-4H3,(H,14,15)(H,17,18). The lowest BCUT2D eigenvalue weighted by Crippen LogP contribution is -2.29. The Hall–Kier alpha value is -1.67. The van der Waals surface area contributed by atoms with E-state index in [1.165, 1.54) is 32.4 Å². The molecule has 1 atom stereocenters. The van der Waals surface area contributed by atoms with Crippen molar-refractivity contribution in [3.63, 3.8) is 0 Å². The summed E-state index contributed by atoms with van der Waals surface area (Å²) in [6, 6.07) is 2.71. The number of hydrogen-bond donors (Lipinski definition) is 2. The van der Waals surface area contributed by atoms with Gasteiger partial charge in [-0.3, -0.25) is 4.79 Å². The van der Waals surface area contributed by atoms with Crippen LogP contribution >= 0.6 is 0 Å². The molecule has 1 heterocycles. The summed E-state index contributed by atoms with van der Waals surface area (Å²) < 4.78 is 24.9. The topological polar surface area (TPSA) is 99.6 Å². The Kier molecular flexibility index (Phi) is 5.68. The highest BCUT2D eigenvalue weighted by Gasteiger charge is 2.19. The number of pyridine rings is 1. The fourth-order valence-corrected chi connectivity index (χ4v) is 2.51. The molecular weight excluding hydrogens is 294 g/mol. The smallest absolute Gasteiger partial charge is 0.305 e. The van der Waals surface area contributed by atoms with Gasteiger partial charge >= 0.3 is 5.97 Å². The lowest BCUT2D eigenvalue weighted by molar-refractivity contribution is -0.137. The van der Waals surface area contributed by atoms with E-state index in [0.29, 0.717) is 5.82 Å². The number of hydrogen-bond acceptors (Lipinski definition) is 5. The molecule has 0 amide bonds. The number of carboxylic acids is 1. The highest BCUT2D eigenvalue weighted by molar-refractivity contribution is 7.89. The van der Waals surface area contributed by atoms with Crippen LogP contribution in [0.2, 0.25) is 0 Å². The zero-order valence-electron chi connectivity index (χ0n) is 12.6.